The summed E-state index contributed by atoms with van der Waals surface area (Å²) in [5, 5.41) is 3.61. The molecule has 0 saturated heterocycles. The van der Waals surface area contributed by atoms with Gasteiger partial charge in [-0.1, -0.05) is 6.92 Å². The van der Waals surface area contributed by atoms with E-state index in [9.17, 15) is 13.2 Å². The quantitative estimate of drug-likeness (QED) is 0.745. The maximum absolute atomic E-state index is 13.0. The Hall–Kier alpha value is -2.38. The third-order valence-corrected chi connectivity index (χ3v) is 3.06. The molecule has 3 heterocycles. The van der Waals surface area contributed by atoms with E-state index in [1.54, 1.807) is 6.20 Å². The third kappa shape index (κ3) is 2.48. The molecule has 3 aromatic heterocycles. The summed E-state index contributed by atoms with van der Waals surface area (Å²) in [5.41, 5.74) is -0.610. The summed E-state index contributed by atoms with van der Waals surface area (Å²) in [6, 6.07) is 1.49. The zero-order valence-electron chi connectivity index (χ0n) is 11.1. The number of oxazole rings is 1. The van der Waals surface area contributed by atoms with E-state index in [1.807, 2.05) is 6.92 Å². The molecule has 5 nitrogen and oxygen atoms in total. The largest absolute Gasteiger partial charge is 0.444 e. The Morgan fingerprint density at radius 1 is 1.29 bits per heavy atom. The summed E-state index contributed by atoms with van der Waals surface area (Å²) in [7, 11) is 0. The Labute approximate surface area is 117 Å². The second kappa shape index (κ2) is 4.87. The second-order valence-electron chi connectivity index (χ2n) is 4.47. The van der Waals surface area contributed by atoms with Crippen molar-refractivity contribution < 1.29 is 17.6 Å². The van der Waals surface area contributed by atoms with E-state index in [0.29, 0.717) is 23.6 Å². The topological polar surface area (TPSA) is 56.7 Å². The van der Waals surface area contributed by atoms with Crippen LogP contribution in [-0.2, 0) is 19.1 Å². The number of aromatic nitrogens is 4. The van der Waals surface area contributed by atoms with Gasteiger partial charge >= 0.3 is 6.18 Å². The van der Waals surface area contributed by atoms with E-state index in [4.69, 9.17) is 4.42 Å². The zero-order valence-corrected chi connectivity index (χ0v) is 11.1. The highest BCUT2D eigenvalue weighted by Crippen LogP contribution is 2.33. The molecule has 21 heavy (non-hydrogen) atoms. The number of nitrogens with zero attached hydrogens (tertiary/aromatic N) is 4. The lowest BCUT2D eigenvalue weighted by Gasteiger charge is -2.01. The number of fused-ring (bicyclic) bond motifs is 1. The van der Waals surface area contributed by atoms with Gasteiger partial charge in [-0.25, -0.2) is 4.98 Å². The van der Waals surface area contributed by atoms with Crippen molar-refractivity contribution in [3.63, 3.8) is 0 Å². The number of halogens is 3. The van der Waals surface area contributed by atoms with Crippen LogP contribution < -0.4 is 0 Å². The molecule has 3 rings (SSSR count). The highest BCUT2D eigenvalue weighted by molar-refractivity contribution is 5.81. The number of alkyl halides is 3. The molecule has 0 aliphatic rings. The molecule has 0 saturated carbocycles. The summed E-state index contributed by atoms with van der Waals surface area (Å²) in [4.78, 5) is 7.77. The number of aryl methyl sites for hydroxylation is 1. The summed E-state index contributed by atoms with van der Waals surface area (Å²) < 4.78 is 45.6. The molecule has 0 N–H and O–H groups in total. The highest BCUT2D eigenvalue weighted by atomic mass is 19.4. The van der Waals surface area contributed by atoms with Crippen LogP contribution in [0.25, 0.3) is 10.9 Å². The van der Waals surface area contributed by atoms with Gasteiger partial charge in [-0.2, -0.15) is 18.3 Å². The van der Waals surface area contributed by atoms with Gasteiger partial charge in [-0.05, 0) is 6.07 Å². The monoisotopic (exact) mass is 296 g/mol. The van der Waals surface area contributed by atoms with Gasteiger partial charge in [0.05, 0.1) is 17.1 Å². The lowest BCUT2D eigenvalue weighted by Crippen LogP contribution is -2.09. The van der Waals surface area contributed by atoms with Crippen LogP contribution in [0.5, 0.6) is 0 Å². The molecule has 3 aromatic rings. The fourth-order valence-electron chi connectivity index (χ4n) is 2.07. The molecule has 0 fully saturated rings. The minimum Gasteiger partial charge on any atom is -0.444 e. The van der Waals surface area contributed by atoms with Gasteiger partial charge in [0.25, 0.3) is 0 Å². The van der Waals surface area contributed by atoms with Crippen molar-refractivity contribution in [2.24, 2.45) is 0 Å². The molecule has 0 amide bonds. The Bertz CT molecular complexity index is 775. The van der Waals surface area contributed by atoms with Crippen LogP contribution >= 0.6 is 0 Å². The normalized spacial score (nSPS) is 12.2. The summed E-state index contributed by atoms with van der Waals surface area (Å²) in [6.07, 6.45) is 0.290. The van der Waals surface area contributed by atoms with Crippen LogP contribution in [0.4, 0.5) is 13.2 Å². The van der Waals surface area contributed by atoms with E-state index < -0.39 is 11.9 Å². The van der Waals surface area contributed by atoms with E-state index in [0.717, 1.165) is 6.20 Å². The first-order chi connectivity index (χ1) is 9.99. The van der Waals surface area contributed by atoms with Crippen LogP contribution in [0.2, 0.25) is 0 Å². The Kier molecular flexibility index (Phi) is 3.15. The highest BCUT2D eigenvalue weighted by Gasteiger charge is 2.37. The molecule has 0 bridgehead atoms. The fraction of sp³-hybridized carbons (Fsp3) is 0.308. The van der Waals surface area contributed by atoms with Crippen molar-refractivity contribution in [1.82, 2.24) is 19.7 Å². The average molecular weight is 296 g/mol. The molecular weight excluding hydrogens is 285 g/mol. The molecule has 0 atom stereocenters. The third-order valence-electron chi connectivity index (χ3n) is 3.06. The zero-order chi connectivity index (χ0) is 15.0. The van der Waals surface area contributed by atoms with Gasteiger partial charge in [0.2, 0.25) is 5.89 Å². The van der Waals surface area contributed by atoms with Crippen molar-refractivity contribution in [2.75, 3.05) is 0 Å². The van der Waals surface area contributed by atoms with E-state index in [-0.39, 0.29) is 11.9 Å². The van der Waals surface area contributed by atoms with Crippen molar-refractivity contribution in [2.45, 2.75) is 26.1 Å². The molecule has 0 radical (unpaired) electrons. The number of pyridine rings is 1. The first-order valence-electron chi connectivity index (χ1n) is 6.30. The molecule has 0 unspecified atom stereocenters. The van der Waals surface area contributed by atoms with E-state index in [2.05, 4.69) is 15.1 Å². The molecule has 8 heteroatoms. The Balaban J connectivity index is 2.06. The summed E-state index contributed by atoms with van der Waals surface area (Å²) in [5.74, 6) is 1.00. The second-order valence-corrected chi connectivity index (χ2v) is 4.47. The van der Waals surface area contributed by atoms with Gasteiger partial charge < -0.3 is 4.42 Å². The minimum absolute atomic E-state index is 0.0349. The van der Waals surface area contributed by atoms with Crippen molar-refractivity contribution >= 4 is 10.9 Å². The van der Waals surface area contributed by atoms with Crippen LogP contribution in [0.3, 0.4) is 0 Å². The van der Waals surface area contributed by atoms with Crippen molar-refractivity contribution in [3.8, 4) is 0 Å². The minimum atomic E-state index is -4.53. The fourth-order valence-corrected chi connectivity index (χ4v) is 2.07. The first kappa shape index (κ1) is 13.6. The van der Waals surface area contributed by atoms with E-state index >= 15 is 0 Å². The van der Waals surface area contributed by atoms with Crippen LogP contribution in [0.15, 0.2) is 29.1 Å². The predicted molar refractivity (Wildman–Crippen MR) is 67.5 cm³/mol. The summed E-state index contributed by atoms with van der Waals surface area (Å²) >= 11 is 0. The average Bonchev–Trinajstić information content (AvgIpc) is 3.04. The van der Waals surface area contributed by atoms with Crippen LogP contribution in [0, 0.1) is 0 Å². The van der Waals surface area contributed by atoms with Crippen LogP contribution in [-0.4, -0.2) is 19.7 Å². The van der Waals surface area contributed by atoms with Gasteiger partial charge in [0.15, 0.2) is 5.69 Å². The standard InChI is InChI=1S/C13H11F3N4O/c1-2-8-5-18-11(21-8)7-20-10-3-4-17-6-9(10)12(19-20)13(14,15)16/h3-6H,2,7H2,1H3. The molecule has 0 aliphatic heterocycles. The molecular formula is C13H11F3N4O. The lowest BCUT2D eigenvalue weighted by molar-refractivity contribution is -0.140. The number of hydrogen-bond acceptors (Lipinski definition) is 4. The van der Waals surface area contributed by atoms with E-state index in [1.165, 1.54) is 16.9 Å². The molecule has 0 spiro atoms. The van der Waals surface area contributed by atoms with Gasteiger partial charge in [-0.15, -0.1) is 0 Å². The van der Waals surface area contributed by atoms with Gasteiger partial charge in [-0.3, -0.25) is 9.67 Å². The van der Waals surface area contributed by atoms with Gasteiger partial charge in [0, 0.05) is 18.8 Å². The predicted octanol–water partition coefficient (Wildman–Crippen LogP) is 3.05. The summed E-state index contributed by atoms with van der Waals surface area (Å²) in [6.45, 7) is 1.94. The van der Waals surface area contributed by atoms with Crippen molar-refractivity contribution in [3.05, 3.63) is 42.0 Å². The molecule has 0 aliphatic carbocycles. The maximum Gasteiger partial charge on any atom is 0.435 e. The molecule has 110 valence electrons. The van der Waals surface area contributed by atoms with Crippen LogP contribution in [0.1, 0.15) is 24.3 Å². The van der Waals surface area contributed by atoms with Gasteiger partial charge in [0.1, 0.15) is 12.3 Å². The number of rotatable bonds is 3. The Morgan fingerprint density at radius 3 is 2.76 bits per heavy atom. The molecule has 0 aromatic carbocycles. The van der Waals surface area contributed by atoms with Crippen molar-refractivity contribution in [1.29, 1.82) is 0 Å². The maximum atomic E-state index is 13.0. The lowest BCUT2D eigenvalue weighted by atomic mass is 10.2. The number of hydrogen-bond donors (Lipinski definition) is 0. The smallest absolute Gasteiger partial charge is 0.435 e. The SMILES string of the molecule is CCc1cnc(Cn2nc(C(F)(F)F)c3cnccc32)o1. The first-order valence-corrected chi connectivity index (χ1v) is 6.30. The Morgan fingerprint density at radius 2 is 2.10 bits per heavy atom.